The van der Waals surface area contributed by atoms with Crippen molar-refractivity contribution in [3.05, 3.63) is 64.6 Å². The Labute approximate surface area is 136 Å². The van der Waals surface area contributed by atoms with Crippen molar-refractivity contribution in [2.45, 2.75) is 12.8 Å². The van der Waals surface area contributed by atoms with Crippen molar-refractivity contribution in [3.8, 4) is 0 Å². The van der Waals surface area contributed by atoms with Crippen LogP contribution < -0.4 is 5.32 Å². The Hall–Kier alpha value is -2.27. The number of amides is 1. The molecule has 112 valence electrons. The molecule has 2 aromatic rings. The average molecular weight is 360 g/mol. The molecule has 0 saturated carbocycles. The Morgan fingerprint density at radius 1 is 0.864 bits per heavy atom. The summed E-state index contributed by atoms with van der Waals surface area (Å²) in [5.74, 6) is -1.11. The quantitative estimate of drug-likeness (QED) is 0.632. The summed E-state index contributed by atoms with van der Waals surface area (Å²) in [5, 5.41) is 2.62. The molecule has 0 radical (unpaired) electrons. The Bertz CT molecular complexity index is 681. The molecule has 2 rings (SSSR count). The van der Waals surface area contributed by atoms with Gasteiger partial charge in [0.2, 0.25) is 5.91 Å². The van der Waals surface area contributed by atoms with E-state index in [1.54, 1.807) is 48.5 Å². The number of halogens is 1. The highest BCUT2D eigenvalue weighted by Crippen LogP contribution is 2.12. The van der Waals surface area contributed by atoms with Gasteiger partial charge in [0.25, 0.3) is 0 Å². The Balaban J connectivity index is 1.86. The predicted octanol–water partition coefficient (Wildman–Crippen LogP) is 3.62. The first-order valence-corrected chi connectivity index (χ1v) is 7.49. The van der Waals surface area contributed by atoms with E-state index in [0.717, 1.165) is 4.47 Å². The second-order valence-electron chi connectivity index (χ2n) is 4.74. The van der Waals surface area contributed by atoms with Crippen LogP contribution in [0.25, 0.3) is 0 Å². The largest absolute Gasteiger partial charge is 0.326 e. The number of ketones is 2. The Morgan fingerprint density at radius 2 is 1.50 bits per heavy atom. The van der Waals surface area contributed by atoms with Crippen molar-refractivity contribution in [2.75, 3.05) is 5.32 Å². The molecule has 5 heteroatoms. The molecule has 22 heavy (non-hydrogen) atoms. The first kappa shape index (κ1) is 16.1. The van der Waals surface area contributed by atoms with E-state index in [4.69, 9.17) is 0 Å². The van der Waals surface area contributed by atoms with Crippen molar-refractivity contribution in [1.82, 2.24) is 0 Å². The van der Waals surface area contributed by atoms with Crippen LogP contribution in [0.2, 0.25) is 0 Å². The molecule has 0 aromatic heterocycles. The number of Topliss-reactive ketones (excluding diaryl/α,β-unsaturated/α-hetero) is 2. The molecule has 0 aliphatic rings. The zero-order valence-corrected chi connectivity index (χ0v) is 13.3. The van der Waals surface area contributed by atoms with Crippen LogP contribution in [-0.4, -0.2) is 17.5 Å². The first-order chi connectivity index (χ1) is 10.5. The molecule has 4 nitrogen and oxygen atoms in total. The Morgan fingerprint density at radius 3 is 2.14 bits per heavy atom. The zero-order valence-electron chi connectivity index (χ0n) is 11.7. The number of rotatable bonds is 6. The van der Waals surface area contributed by atoms with Gasteiger partial charge in [-0.25, -0.2) is 0 Å². The van der Waals surface area contributed by atoms with E-state index in [2.05, 4.69) is 21.2 Å². The summed E-state index contributed by atoms with van der Waals surface area (Å²) in [7, 11) is 0. The second-order valence-corrected chi connectivity index (χ2v) is 5.65. The summed E-state index contributed by atoms with van der Waals surface area (Å²) in [6, 6.07) is 15.6. The minimum atomic E-state index is -0.417. The number of para-hydroxylation sites is 1. The van der Waals surface area contributed by atoms with Gasteiger partial charge in [-0.3, -0.25) is 14.4 Å². The molecule has 0 bridgehead atoms. The molecule has 0 fully saturated rings. The van der Waals surface area contributed by atoms with Crippen LogP contribution in [-0.2, 0) is 9.59 Å². The van der Waals surface area contributed by atoms with Crippen LogP contribution >= 0.6 is 15.9 Å². The minimum absolute atomic E-state index is 0.274. The monoisotopic (exact) mass is 359 g/mol. The lowest BCUT2D eigenvalue weighted by atomic mass is 10.0. The molecule has 0 aliphatic heterocycles. The minimum Gasteiger partial charge on any atom is -0.326 e. The number of hydrogen-bond donors (Lipinski definition) is 1. The molecular formula is C17H14BrNO3. The Kier molecular flexibility index (Phi) is 5.61. The lowest BCUT2D eigenvalue weighted by Gasteiger charge is -2.04. The summed E-state index contributed by atoms with van der Waals surface area (Å²) in [6.07, 6.45) is -0.582. The fraction of sp³-hybridized carbons (Fsp3) is 0.118. The van der Waals surface area contributed by atoms with Gasteiger partial charge in [0, 0.05) is 15.7 Å². The van der Waals surface area contributed by atoms with Gasteiger partial charge in [-0.1, -0.05) is 46.3 Å². The zero-order chi connectivity index (χ0) is 15.9. The highest BCUT2D eigenvalue weighted by atomic mass is 79.9. The van der Waals surface area contributed by atoms with Crippen LogP contribution in [0.1, 0.15) is 23.2 Å². The van der Waals surface area contributed by atoms with Crippen LogP contribution in [0.15, 0.2) is 59.1 Å². The van der Waals surface area contributed by atoms with Gasteiger partial charge < -0.3 is 5.32 Å². The summed E-state index contributed by atoms with van der Waals surface area (Å²) >= 11 is 3.28. The van der Waals surface area contributed by atoms with Crippen molar-refractivity contribution in [2.24, 2.45) is 0 Å². The predicted molar refractivity (Wildman–Crippen MR) is 87.8 cm³/mol. The fourth-order valence-electron chi connectivity index (χ4n) is 1.89. The van der Waals surface area contributed by atoms with Gasteiger partial charge in [-0.15, -0.1) is 0 Å². The third-order valence-corrected chi connectivity index (χ3v) is 3.47. The number of carbonyl (C=O) groups is 3. The SMILES string of the molecule is O=C(CC(=O)Nc1ccccc1)CC(=O)c1ccc(Br)cc1. The highest BCUT2D eigenvalue weighted by molar-refractivity contribution is 9.10. The van der Waals surface area contributed by atoms with Crippen LogP contribution in [0.4, 0.5) is 5.69 Å². The highest BCUT2D eigenvalue weighted by Gasteiger charge is 2.15. The second kappa shape index (κ2) is 7.66. The van der Waals surface area contributed by atoms with E-state index in [1.807, 2.05) is 6.07 Å². The summed E-state index contributed by atoms with van der Waals surface area (Å²) in [4.78, 5) is 35.5. The van der Waals surface area contributed by atoms with E-state index in [9.17, 15) is 14.4 Å². The van der Waals surface area contributed by atoms with Gasteiger partial charge in [0.1, 0.15) is 5.78 Å². The van der Waals surface area contributed by atoms with Crippen molar-refractivity contribution >= 4 is 39.1 Å². The lowest BCUT2D eigenvalue weighted by molar-refractivity contribution is -0.124. The van der Waals surface area contributed by atoms with Crippen LogP contribution in [0.3, 0.4) is 0 Å². The molecule has 1 amide bonds. The van der Waals surface area contributed by atoms with Crippen molar-refractivity contribution in [1.29, 1.82) is 0 Å². The number of benzene rings is 2. The number of carbonyl (C=O) groups excluding carboxylic acids is 3. The van der Waals surface area contributed by atoms with Crippen LogP contribution in [0.5, 0.6) is 0 Å². The standard InChI is InChI=1S/C17H14BrNO3/c18-13-8-6-12(7-9-13)16(21)10-15(20)11-17(22)19-14-4-2-1-3-5-14/h1-9H,10-11H2,(H,19,22). The average Bonchev–Trinajstić information content (AvgIpc) is 2.48. The molecule has 0 heterocycles. The molecule has 0 spiro atoms. The maximum Gasteiger partial charge on any atom is 0.231 e. The van der Waals surface area contributed by atoms with Gasteiger partial charge >= 0.3 is 0 Å². The van der Waals surface area contributed by atoms with Crippen LogP contribution in [0, 0.1) is 0 Å². The summed E-state index contributed by atoms with van der Waals surface area (Å²) in [5.41, 5.74) is 1.08. The van der Waals surface area contributed by atoms with Crippen molar-refractivity contribution in [3.63, 3.8) is 0 Å². The molecule has 0 atom stereocenters. The third-order valence-electron chi connectivity index (χ3n) is 2.94. The molecular weight excluding hydrogens is 346 g/mol. The van der Waals surface area contributed by atoms with Gasteiger partial charge in [0.05, 0.1) is 12.8 Å². The fourth-order valence-corrected chi connectivity index (χ4v) is 2.15. The number of hydrogen-bond acceptors (Lipinski definition) is 3. The maximum absolute atomic E-state index is 11.9. The number of anilines is 1. The van der Waals surface area contributed by atoms with Crippen molar-refractivity contribution < 1.29 is 14.4 Å². The van der Waals surface area contributed by atoms with E-state index in [-0.39, 0.29) is 18.6 Å². The van der Waals surface area contributed by atoms with E-state index in [0.29, 0.717) is 11.3 Å². The van der Waals surface area contributed by atoms with E-state index in [1.165, 1.54) is 0 Å². The third kappa shape index (κ3) is 4.93. The first-order valence-electron chi connectivity index (χ1n) is 6.70. The molecule has 2 aromatic carbocycles. The summed E-state index contributed by atoms with van der Waals surface area (Å²) < 4.78 is 0.859. The smallest absolute Gasteiger partial charge is 0.231 e. The lowest BCUT2D eigenvalue weighted by Crippen LogP contribution is -2.18. The number of nitrogens with one attached hydrogen (secondary N) is 1. The van der Waals surface area contributed by atoms with Gasteiger partial charge in [0.15, 0.2) is 5.78 Å². The summed E-state index contributed by atoms with van der Waals surface area (Å²) in [6.45, 7) is 0. The van der Waals surface area contributed by atoms with Gasteiger partial charge in [-0.05, 0) is 24.3 Å². The topological polar surface area (TPSA) is 63.2 Å². The molecule has 0 aliphatic carbocycles. The molecule has 0 unspecified atom stereocenters. The molecule has 0 saturated heterocycles. The van der Waals surface area contributed by atoms with Gasteiger partial charge in [-0.2, -0.15) is 0 Å². The van der Waals surface area contributed by atoms with E-state index >= 15 is 0 Å². The molecule has 1 N–H and O–H groups in total. The normalized spacial score (nSPS) is 10.0. The maximum atomic E-state index is 11.9. The van der Waals surface area contributed by atoms with E-state index < -0.39 is 11.7 Å².